The van der Waals surface area contributed by atoms with E-state index in [0.717, 1.165) is 22.1 Å². The van der Waals surface area contributed by atoms with Gasteiger partial charge in [-0.15, -0.1) is 0 Å². The number of aromatic nitrogens is 5. The molecule has 0 saturated carbocycles. The summed E-state index contributed by atoms with van der Waals surface area (Å²) in [6.07, 6.45) is 4.26. The molecule has 0 saturated heterocycles. The van der Waals surface area contributed by atoms with Crippen molar-refractivity contribution in [2.45, 2.75) is 19.5 Å². The molecule has 3 N–H and O–H groups in total. The number of hydrogen-bond donors (Lipinski definition) is 2. The molecule has 41 heavy (non-hydrogen) atoms. The third kappa shape index (κ3) is 4.66. The minimum absolute atomic E-state index is 0.0206. The Hall–Kier alpha value is -4.80. The van der Waals surface area contributed by atoms with Crippen molar-refractivity contribution in [2.24, 2.45) is 0 Å². The van der Waals surface area contributed by atoms with Crippen molar-refractivity contribution in [3.05, 3.63) is 94.0 Å². The maximum Gasteiger partial charge on any atom is 0.343 e. The number of nitrogens with zero attached hydrogens (tertiary/aromatic N) is 6. The molecule has 10 nitrogen and oxygen atoms in total. The predicted molar refractivity (Wildman–Crippen MR) is 159 cm³/mol. The second-order valence-electron chi connectivity index (χ2n) is 10.1. The summed E-state index contributed by atoms with van der Waals surface area (Å²) in [7, 11) is 3.95. The third-order valence-corrected chi connectivity index (χ3v) is 7.32. The number of halogens is 1. The zero-order valence-corrected chi connectivity index (χ0v) is 23.3. The standard InChI is InChI=1S/C30H26ClN7O3/c1-16(38-29-25(28(32)34-15-35-29)26(36-38)18-11-20(39)13-33-12-18)27-24(21-6-4-5-7-22(21)30(40)41-27)17-8-9-23(31)19(10-17)14-37(2)3/h4-13,15-16,39H,14H2,1-3H3,(H2,32,34,35). The molecule has 6 rings (SSSR count). The second kappa shape index (κ2) is 10.3. The highest BCUT2D eigenvalue weighted by molar-refractivity contribution is 6.31. The first-order valence-corrected chi connectivity index (χ1v) is 13.2. The molecule has 1 unspecified atom stereocenters. The summed E-state index contributed by atoms with van der Waals surface area (Å²) in [5, 5.41) is 17.3. The van der Waals surface area contributed by atoms with Crippen LogP contribution in [0.3, 0.4) is 0 Å². The summed E-state index contributed by atoms with van der Waals surface area (Å²) in [6, 6.07) is 14.1. The highest BCUT2D eigenvalue weighted by Crippen LogP contribution is 2.39. The number of nitrogen functional groups attached to an aromatic ring is 1. The van der Waals surface area contributed by atoms with Gasteiger partial charge in [0.05, 0.1) is 17.0 Å². The SMILES string of the molecule is CC(c1oc(=O)c2ccccc2c1-c1ccc(Cl)c(CN(C)C)c1)n1nc(-c2cncc(O)c2)c2c(N)ncnc21. The van der Waals surface area contributed by atoms with E-state index in [1.165, 1.54) is 18.6 Å². The Kier molecular flexibility index (Phi) is 6.64. The number of rotatable bonds is 6. The van der Waals surface area contributed by atoms with E-state index in [2.05, 4.69) is 15.0 Å². The number of anilines is 1. The second-order valence-corrected chi connectivity index (χ2v) is 10.5. The summed E-state index contributed by atoms with van der Waals surface area (Å²) in [5.74, 6) is 0.597. The minimum Gasteiger partial charge on any atom is -0.506 e. The Bertz CT molecular complexity index is 2000. The molecule has 11 heteroatoms. The van der Waals surface area contributed by atoms with Gasteiger partial charge in [-0.3, -0.25) is 4.98 Å². The maximum atomic E-state index is 13.3. The summed E-state index contributed by atoms with van der Waals surface area (Å²) >= 11 is 6.56. The van der Waals surface area contributed by atoms with Crippen LogP contribution in [-0.4, -0.2) is 48.8 Å². The molecule has 0 aliphatic rings. The molecule has 0 radical (unpaired) electrons. The van der Waals surface area contributed by atoms with E-state index in [9.17, 15) is 9.90 Å². The lowest BCUT2D eigenvalue weighted by Crippen LogP contribution is -2.15. The first-order chi connectivity index (χ1) is 19.7. The van der Waals surface area contributed by atoms with E-state index in [1.807, 2.05) is 62.3 Å². The molecule has 0 fully saturated rings. The number of benzene rings is 2. The molecule has 206 valence electrons. The molecule has 6 aromatic rings. The fourth-order valence-electron chi connectivity index (χ4n) is 5.14. The number of pyridine rings is 1. The summed E-state index contributed by atoms with van der Waals surface area (Å²) in [4.78, 5) is 28.0. The van der Waals surface area contributed by atoms with Gasteiger partial charge in [0.25, 0.3) is 0 Å². The van der Waals surface area contributed by atoms with E-state index in [-0.39, 0.29) is 11.6 Å². The van der Waals surface area contributed by atoms with Gasteiger partial charge in [0.15, 0.2) is 5.65 Å². The van der Waals surface area contributed by atoms with Crippen molar-refractivity contribution in [1.29, 1.82) is 0 Å². The molecule has 0 aliphatic heterocycles. The summed E-state index contributed by atoms with van der Waals surface area (Å²) in [5.41, 5.74) is 9.78. The molecule has 2 aromatic carbocycles. The van der Waals surface area contributed by atoms with Crippen molar-refractivity contribution in [3.63, 3.8) is 0 Å². The zero-order valence-electron chi connectivity index (χ0n) is 22.5. The topological polar surface area (TPSA) is 136 Å². The first kappa shape index (κ1) is 26.4. The third-order valence-electron chi connectivity index (χ3n) is 6.95. The smallest absolute Gasteiger partial charge is 0.343 e. The summed E-state index contributed by atoms with van der Waals surface area (Å²) < 4.78 is 7.72. The van der Waals surface area contributed by atoms with Gasteiger partial charge in [-0.05, 0) is 56.4 Å². The van der Waals surface area contributed by atoms with Gasteiger partial charge < -0.3 is 20.2 Å². The van der Waals surface area contributed by atoms with E-state index >= 15 is 0 Å². The monoisotopic (exact) mass is 567 g/mol. The molecule has 4 heterocycles. The zero-order chi connectivity index (χ0) is 28.8. The van der Waals surface area contributed by atoms with Crippen LogP contribution in [-0.2, 0) is 6.54 Å². The quantitative estimate of drug-likeness (QED) is 0.275. The Balaban J connectivity index is 1.63. The molecule has 1 atom stereocenters. The lowest BCUT2D eigenvalue weighted by molar-refractivity contribution is 0.402. The van der Waals surface area contributed by atoms with Crippen LogP contribution in [0.1, 0.15) is 24.3 Å². The Morgan fingerprint density at radius 2 is 1.85 bits per heavy atom. The highest BCUT2D eigenvalue weighted by atomic mass is 35.5. The lowest BCUT2D eigenvalue weighted by Gasteiger charge is -2.19. The van der Waals surface area contributed by atoms with Crippen LogP contribution in [0.2, 0.25) is 5.02 Å². The molecule has 0 spiro atoms. The first-order valence-electron chi connectivity index (χ1n) is 12.8. The van der Waals surface area contributed by atoms with Gasteiger partial charge in [-0.1, -0.05) is 35.9 Å². The average Bonchev–Trinajstić information content (AvgIpc) is 3.35. The number of aromatic hydroxyl groups is 1. The average molecular weight is 568 g/mol. The predicted octanol–water partition coefficient (Wildman–Crippen LogP) is 5.27. The summed E-state index contributed by atoms with van der Waals surface area (Å²) in [6.45, 7) is 2.51. The molecule has 4 aromatic heterocycles. The van der Waals surface area contributed by atoms with Crippen LogP contribution < -0.4 is 11.4 Å². The lowest BCUT2D eigenvalue weighted by atomic mass is 9.94. The van der Waals surface area contributed by atoms with Gasteiger partial charge in [0.2, 0.25) is 0 Å². The van der Waals surface area contributed by atoms with Crippen LogP contribution in [0.25, 0.3) is 44.2 Å². The van der Waals surface area contributed by atoms with Gasteiger partial charge in [-0.25, -0.2) is 19.4 Å². The van der Waals surface area contributed by atoms with Crippen LogP contribution >= 0.6 is 11.6 Å². The van der Waals surface area contributed by atoms with Gasteiger partial charge >= 0.3 is 5.63 Å². The Labute approximate surface area is 239 Å². The van der Waals surface area contributed by atoms with Gasteiger partial charge in [0, 0.05) is 34.3 Å². The molecule has 0 amide bonds. The van der Waals surface area contributed by atoms with E-state index in [0.29, 0.717) is 45.0 Å². The normalized spacial score (nSPS) is 12.4. The van der Waals surface area contributed by atoms with Crippen molar-refractivity contribution >= 4 is 39.2 Å². The molecular weight excluding hydrogens is 542 g/mol. The van der Waals surface area contributed by atoms with Gasteiger partial charge in [-0.2, -0.15) is 5.10 Å². The van der Waals surface area contributed by atoms with Crippen molar-refractivity contribution in [3.8, 4) is 28.1 Å². The van der Waals surface area contributed by atoms with Crippen LogP contribution in [0.5, 0.6) is 5.75 Å². The number of fused-ring (bicyclic) bond motifs is 2. The van der Waals surface area contributed by atoms with E-state index < -0.39 is 11.7 Å². The van der Waals surface area contributed by atoms with Crippen molar-refractivity contribution in [1.82, 2.24) is 29.6 Å². The Morgan fingerprint density at radius 1 is 1.07 bits per heavy atom. The maximum absolute atomic E-state index is 13.3. The largest absolute Gasteiger partial charge is 0.506 e. The fraction of sp³-hybridized carbons (Fsp3) is 0.167. The van der Waals surface area contributed by atoms with E-state index in [1.54, 1.807) is 16.9 Å². The van der Waals surface area contributed by atoms with Crippen molar-refractivity contribution in [2.75, 3.05) is 19.8 Å². The Morgan fingerprint density at radius 3 is 2.61 bits per heavy atom. The van der Waals surface area contributed by atoms with Crippen molar-refractivity contribution < 1.29 is 9.52 Å². The van der Waals surface area contributed by atoms with Crippen LogP contribution in [0.4, 0.5) is 5.82 Å². The van der Waals surface area contributed by atoms with Gasteiger partial charge in [0.1, 0.15) is 35.4 Å². The number of nitrogens with two attached hydrogens (primary N) is 1. The molecule has 0 aliphatic carbocycles. The fourth-order valence-corrected chi connectivity index (χ4v) is 5.31. The highest BCUT2D eigenvalue weighted by Gasteiger charge is 2.27. The van der Waals surface area contributed by atoms with Crippen LogP contribution in [0.15, 0.2) is 76.5 Å². The van der Waals surface area contributed by atoms with Crippen LogP contribution in [0, 0.1) is 0 Å². The molecule has 0 bridgehead atoms. The van der Waals surface area contributed by atoms with E-state index in [4.69, 9.17) is 26.9 Å². The minimum atomic E-state index is -0.605. The molecular formula is C30H26ClN7O3. The number of hydrogen-bond acceptors (Lipinski definition) is 9.